The van der Waals surface area contributed by atoms with Crippen LogP contribution in [0.25, 0.3) is 22.0 Å². The summed E-state index contributed by atoms with van der Waals surface area (Å²) in [5.74, 6) is 0.939. The summed E-state index contributed by atoms with van der Waals surface area (Å²) in [6.45, 7) is 8.06. The van der Waals surface area contributed by atoms with E-state index in [4.69, 9.17) is 21.3 Å². The topological polar surface area (TPSA) is 50.8 Å². The average molecular weight is 606 g/mol. The van der Waals surface area contributed by atoms with E-state index >= 15 is 0 Å². The lowest BCUT2D eigenvalue weighted by Gasteiger charge is -2.27. The lowest BCUT2D eigenvalue weighted by molar-refractivity contribution is 0.298. The molecule has 0 aliphatic carbocycles. The fourth-order valence-electron chi connectivity index (χ4n) is 6.03. The van der Waals surface area contributed by atoms with Crippen LogP contribution in [0.3, 0.4) is 0 Å². The lowest BCUT2D eigenvalue weighted by Crippen LogP contribution is -2.19. The molecule has 2 aromatic heterocycles. The van der Waals surface area contributed by atoms with E-state index in [9.17, 15) is 5.26 Å². The highest BCUT2D eigenvalue weighted by Gasteiger charge is 2.31. The summed E-state index contributed by atoms with van der Waals surface area (Å²) in [4.78, 5) is 6.06. The fraction of sp³-hybridized carbons (Fsp3) is 0.297. The minimum atomic E-state index is -0.00330. The first-order valence-corrected chi connectivity index (χ1v) is 16.2. The normalized spacial score (nSPS) is 14.5. The highest BCUT2D eigenvalue weighted by molar-refractivity contribution is 8.00. The van der Waals surface area contributed by atoms with Crippen molar-refractivity contribution in [2.45, 2.75) is 69.8 Å². The van der Waals surface area contributed by atoms with Crippen molar-refractivity contribution in [2.24, 2.45) is 5.41 Å². The molecular formula is C37H36ClN3OS. The molecule has 1 unspecified atom stereocenters. The van der Waals surface area contributed by atoms with E-state index in [1.165, 1.54) is 32.6 Å². The van der Waals surface area contributed by atoms with E-state index in [1.54, 1.807) is 0 Å². The van der Waals surface area contributed by atoms with E-state index in [1.807, 2.05) is 48.3 Å². The molecule has 3 heterocycles. The minimum absolute atomic E-state index is 0.00330. The largest absolute Gasteiger partial charge is 0.487 e. The Morgan fingerprint density at radius 2 is 1.81 bits per heavy atom. The van der Waals surface area contributed by atoms with Crippen molar-refractivity contribution in [3.05, 3.63) is 113 Å². The molecule has 3 aromatic carbocycles. The zero-order chi connectivity index (χ0) is 30.0. The number of rotatable bonds is 10. The molecule has 5 aromatic rings. The minimum Gasteiger partial charge on any atom is -0.487 e. The van der Waals surface area contributed by atoms with Gasteiger partial charge in [-0.05, 0) is 66.1 Å². The Labute approximate surface area is 263 Å². The standard InChI is InChI=1S/C37H36ClN3OS/c1-25-20-31-34(42-24-30-15-12-28(22-40-30)27-8-5-4-6-9-27)17-16-32-35(31)36(43-25)33(21-37(2,3)18-7-19-39)41(32)23-26-10-13-29(38)14-11-26/h4-6,8-17,22,25H,7,18,20-21,23-24H2,1-3H3. The predicted molar refractivity (Wildman–Crippen MR) is 178 cm³/mol. The van der Waals surface area contributed by atoms with Crippen molar-refractivity contribution in [3.8, 4) is 22.9 Å². The Kier molecular flexibility index (Phi) is 8.52. The van der Waals surface area contributed by atoms with Gasteiger partial charge in [0.25, 0.3) is 0 Å². The molecule has 0 saturated carbocycles. The van der Waals surface area contributed by atoms with Gasteiger partial charge in [-0.2, -0.15) is 5.26 Å². The number of pyridine rings is 1. The van der Waals surface area contributed by atoms with Crippen LogP contribution >= 0.6 is 23.4 Å². The molecule has 0 bridgehead atoms. The highest BCUT2D eigenvalue weighted by atomic mass is 35.5. The molecule has 6 rings (SSSR count). The molecule has 1 aliphatic rings. The Bertz CT molecular complexity index is 1770. The number of halogens is 1. The van der Waals surface area contributed by atoms with Crippen molar-refractivity contribution < 1.29 is 4.74 Å². The maximum absolute atomic E-state index is 9.30. The van der Waals surface area contributed by atoms with E-state index < -0.39 is 0 Å². The van der Waals surface area contributed by atoms with Crippen LogP contribution in [0.4, 0.5) is 0 Å². The Hall–Kier alpha value is -3.72. The van der Waals surface area contributed by atoms with Gasteiger partial charge in [-0.25, -0.2) is 0 Å². The number of nitriles is 1. The molecule has 0 spiro atoms. The van der Waals surface area contributed by atoms with E-state index in [0.717, 1.165) is 53.4 Å². The lowest BCUT2D eigenvalue weighted by atomic mass is 9.83. The van der Waals surface area contributed by atoms with Crippen LogP contribution in [-0.2, 0) is 26.0 Å². The second kappa shape index (κ2) is 12.5. The number of ether oxygens (including phenoxy) is 1. The average Bonchev–Trinajstić information content (AvgIpc) is 3.29. The van der Waals surface area contributed by atoms with Gasteiger partial charge in [-0.1, -0.05) is 80.9 Å². The van der Waals surface area contributed by atoms with Crippen LogP contribution in [0.5, 0.6) is 5.75 Å². The molecule has 0 saturated heterocycles. The Morgan fingerprint density at radius 1 is 1.02 bits per heavy atom. The summed E-state index contributed by atoms with van der Waals surface area (Å²) in [6.07, 6.45) is 5.21. The van der Waals surface area contributed by atoms with Crippen LogP contribution in [0.1, 0.15) is 56.1 Å². The van der Waals surface area contributed by atoms with Gasteiger partial charge in [0.05, 0.1) is 17.3 Å². The van der Waals surface area contributed by atoms with Crippen molar-refractivity contribution >= 4 is 34.3 Å². The van der Waals surface area contributed by atoms with Crippen molar-refractivity contribution in [1.82, 2.24) is 9.55 Å². The summed E-state index contributed by atoms with van der Waals surface area (Å²) in [5, 5.41) is 11.8. The molecule has 43 heavy (non-hydrogen) atoms. The third-order valence-electron chi connectivity index (χ3n) is 8.29. The molecule has 0 radical (unpaired) electrons. The first-order valence-electron chi connectivity index (χ1n) is 14.9. The van der Waals surface area contributed by atoms with Crippen LogP contribution < -0.4 is 4.74 Å². The van der Waals surface area contributed by atoms with E-state index in [0.29, 0.717) is 18.3 Å². The first kappa shape index (κ1) is 29.4. The van der Waals surface area contributed by atoms with Gasteiger partial charge in [0.2, 0.25) is 0 Å². The zero-order valence-electron chi connectivity index (χ0n) is 24.9. The maximum atomic E-state index is 9.30. The van der Waals surface area contributed by atoms with Crippen LogP contribution in [0, 0.1) is 16.7 Å². The van der Waals surface area contributed by atoms with Gasteiger partial charge in [0, 0.05) is 56.5 Å². The predicted octanol–water partition coefficient (Wildman–Crippen LogP) is 9.89. The van der Waals surface area contributed by atoms with Gasteiger partial charge in [0.1, 0.15) is 12.4 Å². The number of nitrogens with zero attached hydrogens (tertiary/aromatic N) is 3. The number of aromatic nitrogens is 2. The number of thioether (sulfide) groups is 1. The number of hydrogen-bond donors (Lipinski definition) is 0. The summed E-state index contributed by atoms with van der Waals surface area (Å²) in [7, 11) is 0. The van der Waals surface area contributed by atoms with Crippen LogP contribution in [0.15, 0.2) is 90.0 Å². The summed E-state index contributed by atoms with van der Waals surface area (Å²) < 4.78 is 9.00. The number of benzene rings is 3. The van der Waals surface area contributed by atoms with Gasteiger partial charge in [-0.3, -0.25) is 4.98 Å². The monoisotopic (exact) mass is 605 g/mol. The van der Waals surface area contributed by atoms with Crippen molar-refractivity contribution in [2.75, 3.05) is 0 Å². The molecule has 0 N–H and O–H groups in total. The fourth-order valence-corrected chi connectivity index (χ4v) is 7.47. The zero-order valence-corrected chi connectivity index (χ0v) is 26.5. The smallest absolute Gasteiger partial charge is 0.130 e. The van der Waals surface area contributed by atoms with Gasteiger partial charge >= 0.3 is 0 Å². The second-order valence-electron chi connectivity index (χ2n) is 12.2. The Morgan fingerprint density at radius 3 is 2.53 bits per heavy atom. The molecule has 1 atom stereocenters. The summed E-state index contributed by atoms with van der Waals surface area (Å²) in [6, 6.07) is 29.4. The van der Waals surface area contributed by atoms with Crippen LogP contribution in [0.2, 0.25) is 5.02 Å². The van der Waals surface area contributed by atoms with Gasteiger partial charge < -0.3 is 9.30 Å². The van der Waals surface area contributed by atoms with Crippen LogP contribution in [-0.4, -0.2) is 14.8 Å². The molecule has 1 aliphatic heterocycles. The quantitative estimate of drug-likeness (QED) is 0.159. The van der Waals surface area contributed by atoms with Crippen molar-refractivity contribution in [1.29, 1.82) is 5.26 Å². The van der Waals surface area contributed by atoms with Gasteiger partial charge in [-0.15, -0.1) is 11.8 Å². The van der Waals surface area contributed by atoms with Crippen molar-refractivity contribution in [3.63, 3.8) is 0 Å². The molecule has 4 nitrogen and oxygen atoms in total. The van der Waals surface area contributed by atoms with E-state index in [-0.39, 0.29) is 5.41 Å². The third kappa shape index (κ3) is 6.47. The second-order valence-corrected chi connectivity index (χ2v) is 14.1. The number of hydrogen-bond acceptors (Lipinski definition) is 4. The maximum Gasteiger partial charge on any atom is 0.130 e. The molecule has 218 valence electrons. The highest BCUT2D eigenvalue weighted by Crippen LogP contribution is 2.48. The Balaban J connectivity index is 1.36. The molecule has 0 fully saturated rings. The third-order valence-corrected chi connectivity index (χ3v) is 9.78. The first-order chi connectivity index (χ1) is 20.8. The summed E-state index contributed by atoms with van der Waals surface area (Å²) in [5.41, 5.74) is 8.25. The molecule has 0 amide bonds. The SMILES string of the molecule is CC1Cc2c(OCc3ccc(-c4ccccc4)cn3)ccc3c2c(c(CC(C)(C)CCC#N)n3Cc2ccc(Cl)cc2)S1. The molecular weight excluding hydrogens is 570 g/mol. The molecule has 6 heteroatoms. The van der Waals surface area contributed by atoms with E-state index in [2.05, 4.69) is 79.9 Å². The summed E-state index contributed by atoms with van der Waals surface area (Å²) >= 11 is 8.20. The van der Waals surface area contributed by atoms with Gasteiger partial charge in [0.15, 0.2) is 0 Å².